The van der Waals surface area contributed by atoms with Crippen LogP contribution < -0.4 is 16.4 Å². The normalized spacial score (nSPS) is 13.0. The number of ether oxygens (including phenoxy) is 2. The van der Waals surface area contributed by atoms with E-state index < -0.39 is 35.3 Å². The van der Waals surface area contributed by atoms with Crippen molar-refractivity contribution in [2.75, 3.05) is 6.54 Å². The summed E-state index contributed by atoms with van der Waals surface area (Å²) in [5.41, 5.74) is 4.02. The van der Waals surface area contributed by atoms with E-state index in [0.29, 0.717) is 13.0 Å². The van der Waals surface area contributed by atoms with E-state index in [1.807, 2.05) is 0 Å². The van der Waals surface area contributed by atoms with Crippen LogP contribution in [0.3, 0.4) is 0 Å². The average molecular weight is 331 g/mol. The minimum atomic E-state index is -0.856. The van der Waals surface area contributed by atoms with Gasteiger partial charge in [0.2, 0.25) is 5.91 Å². The molecule has 0 aliphatic carbocycles. The number of carbonyl (C=O) groups is 3. The van der Waals surface area contributed by atoms with Crippen LogP contribution >= 0.6 is 0 Å². The second-order valence-electron chi connectivity index (χ2n) is 7.17. The second-order valence-corrected chi connectivity index (χ2v) is 7.17. The van der Waals surface area contributed by atoms with Crippen LogP contribution in [-0.2, 0) is 14.3 Å². The smallest absolute Gasteiger partial charge is 0.408 e. The van der Waals surface area contributed by atoms with Crippen molar-refractivity contribution in [3.63, 3.8) is 0 Å². The molecule has 0 saturated heterocycles. The van der Waals surface area contributed by atoms with Crippen molar-refractivity contribution in [2.24, 2.45) is 5.73 Å². The van der Waals surface area contributed by atoms with Crippen LogP contribution in [0.25, 0.3) is 0 Å². The van der Waals surface area contributed by atoms with E-state index in [1.165, 1.54) is 0 Å². The number of amides is 3. The molecular formula is C15H29N3O5. The minimum absolute atomic E-state index is 0.282. The fourth-order valence-corrected chi connectivity index (χ4v) is 1.55. The second kappa shape index (κ2) is 8.59. The Morgan fingerprint density at radius 2 is 1.43 bits per heavy atom. The highest BCUT2D eigenvalue weighted by Gasteiger charge is 2.22. The van der Waals surface area contributed by atoms with E-state index in [-0.39, 0.29) is 6.42 Å². The van der Waals surface area contributed by atoms with Gasteiger partial charge in [-0.25, -0.2) is 9.59 Å². The van der Waals surface area contributed by atoms with Crippen molar-refractivity contribution >= 4 is 18.1 Å². The van der Waals surface area contributed by atoms with E-state index in [9.17, 15) is 14.4 Å². The first-order chi connectivity index (χ1) is 10.3. The zero-order chi connectivity index (χ0) is 18.3. The van der Waals surface area contributed by atoms with Crippen LogP contribution in [0.4, 0.5) is 9.59 Å². The van der Waals surface area contributed by atoms with Crippen LogP contribution in [0.15, 0.2) is 0 Å². The number of primary amides is 1. The lowest BCUT2D eigenvalue weighted by Gasteiger charge is -2.22. The van der Waals surface area contributed by atoms with E-state index >= 15 is 0 Å². The third-order valence-electron chi connectivity index (χ3n) is 2.37. The Kier molecular flexibility index (Phi) is 7.85. The molecule has 23 heavy (non-hydrogen) atoms. The Bertz CT molecular complexity index is 424. The molecule has 0 spiro atoms. The first kappa shape index (κ1) is 21.0. The monoisotopic (exact) mass is 331 g/mol. The third-order valence-corrected chi connectivity index (χ3v) is 2.37. The molecule has 3 amide bonds. The predicted octanol–water partition coefficient (Wildman–Crippen LogP) is 1.67. The maximum Gasteiger partial charge on any atom is 0.408 e. The van der Waals surface area contributed by atoms with Gasteiger partial charge in [-0.1, -0.05) is 0 Å². The highest BCUT2D eigenvalue weighted by atomic mass is 16.6. The molecule has 0 saturated carbocycles. The van der Waals surface area contributed by atoms with Crippen LogP contribution in [-0.4, -0.2) is 41.9 Å². The molecule has 0 heterocycles. The molecule has 0 aromatic carbocycles. The number of alkyl carbamates (subject to hydrolysis) is 2. The SMILES string of the molecule is CC(C)(C)OC(=O)NCCCC(NC(=O)OC(C)(C)C)C(N)=O. The lowest BCUT2D eigenvalue weighted by atomic mass is 10.1. The fourth-order valence-electron chi connectivity index (χ4n) is 1.55. The Morgan fingerprint density at radius 3 is 1.87 bits per heavy atom. The molecule has 1 unspecified atom stereocenters. The lowest BCUT2D eigenvalue weighted by molar-refractivity contribution is -0.120. The maximum atomic E-state index is 11.6. The summed E-state index contributed by atoms with van der Waals surface area (Å²) in [6.45, 7) is 10.7. The minimum Gasteiger partial charge on any atom is -0.444 e. The van der Waals surface area contributed by atoms with Crippen molar-refractivity contribution in [1.29, 1.82) is 0 Å². The zero-order valence-corrected chi connectivity index (χ0v) is 14.8. The number of carbonyl (C=O) groups excluding carboxylic acids is 3. The quantitative estimate of drug-likeness (QED) is 0.639. The van der Waals surface area contributed by atoms with Gasteiger partial charge in [0, 0.05) is 6.54 Å². The summed E-state index contributed by atoms with van der Waals surface area (Å²) in [7, 11) is 0. The van der Waals surface area contributed by atoms with E-state index in [1.54, 1.807) is 41.5 Å². The van der Waals surface area contributed by atoms with Gasteiger partial charge in [0.15, 0.2) is 0 Å². The van der Waals surface area contributed by atoms with Gasteiger partial charge in [0.1, 0.15) is 17.2 Å². The molecule has 134 valence electrons. The molecule has 0 rings (SSSR count). The molecule has 0 fully saturated rings. The number of hydrogen-bond donors (Lipinski definition) is 3. The Balaban J connectivity index is 4.19. The zero-order valence-electron chi connectivity index (χ0n) is 14.8. The van der Waals surface area contributed by atoms with Gasteiger partial charge in [0.25, 0.3) is 0 Å². The van der Waals surface area contributed by atoms with Gasteiger partial charge < -0.3 is 25.8 Å². The number of nitrogens with one attached hydrogen (secondary N) is 2. The first-order valence-electron chi connectivity index (χ1n) is 7.56. The molecule has 0 radical (unpaired) electrons. The van der Waals surface area contributed by atoms with Crippen LogP contribution in [0.2, 0.25) is 0 Å². The summed E-state index contributed by atoms with van der Waals surface area (Å²) in [5, 5.41) is 4.99. The molecule has 0 aliphatic rings. The van der Waals surface area contributed by atoms with Crippen molar-refractivity contribution < 1.29 is 23.9 Å². The van der Waals surface area contributed by atoms with Crippen molar-refractivity contribution in [3.05, 3.63) is 0 Å². The summed E-state index contributed by atoms with van der Waals surface area (Å²) < 4.78 is 10.2. The molecular weight excluding hydrogens is 302 g/mol. The summed E-state index contributed by atoms with van der Waals surface area (Å²) in [6.07, 6.45) is -0.512. The Hall–Kier alpha value is -1.99. The third kappa shape index (κ3) is 12.3. The maximum absolute atomic E-state index is 11.6. The fraction of sp³-hybridized carbons (Fsp3) is 0.800. The van der Waals surface area contributed by atoms with Gasteiger partial charge in [-0.2, -0.15) is 0 Å². The molecule has 4 N–H and O–H groups in total. The molecule has 0 bridgehead atoms. The van der Waals surface area contributed by atoms with Crippen LogP contribution in [0.5, 0.6) is 0 Å². The van der Waals surface area contributed by atoms with E-state index in [2.05, 4.69) is 10.6 Å². The van der Waals surface area contributed by atoms with Crippen molar-refractivity contribution in [2.45, 2.75) is 71.6 Å². The van der Waals surface area contributed by atoms with Gasteiger partial charge in [-0.05, 0) is 54.4 Å². The van der Waals surface area contributed by atoms with Crippen LogP contribution in [0.1, 0.15) is 54.4 Å². The molecule has 0 aliphatic heterocycles. The van der Waals surface area contributed by atoms with Gasteiger partial charge in [-0.3, -0.25) is 4.79 Å². The molecule has 8 nitrogen and oxygen atoms in total. The summed E-state index contributed by atoms with van der Waals surface area (Å²) in [5.74, 6) is -0.659. The largest absolute Gasteiger partial charge is 0.444 e. The van der Waals surface area contributed by atoms with Gasteiger partial charge >= 0.3 is 12.2 Å². The van der Waals surface area contributed by atoms with Crippen LogP contribution in [0, 0.1) is 0 Å². The number of rotatable bonds is 6. The summed E-state index contributed by atoms with van der Waals surface area (Å²) in [6, 6.07) is -0.856. The van der Waals surface area contributed by atoms with Crippen molar-refractivity contribution in [3.8, 4) is 0 Å². The van der Waals surface area contributed by atoms with E-state index in [0.717, 1.165) is 0 Å². The topological polar surface area (TPSA) is 120 Å². The van der Waals surface area contributed by atoms with Gasteiger partial charge in [0.05, 0.1) is 0 Å². The standard InChI is InChI=1S/C15H29N3O5/c1-14(2,3)22-12(20)17-9-7-8-10(11(16)19)18-13(21)23-15(4,5)6/h10H,7-9H2,1-6H3,(H2,16,19)(H,17,20)(H,18,21). The molecule has 0 aromatic heterocycles. The Morgan fingerprint density at radius 1 is 0.957 bits per heavy atom. The van der Waals surface area contributed by atoms with E-state index in [4.69, 9.17) is 15.2 Å². The van der Waals surface area contributed by atoms with Gasteiger partial charge in [-0.15, -0.1) is 0 Å². The predicted molar refractivity (Wildman–Crippen MR) is 85.8 cm³/mol. The highest BCUT2D eigenvalue weighted by Crippen LogP contribution is 2.08. The molecule has 0 aromatic rings. The summed E-state index contributed by atoms with van der Waals surface area (Å²) in [4.78, 5) is 34.5. The summed E-state index contributed by atoms with van der Waals surface area (Å²) >= 11 is 0. The van der Waals surface area contributed by atoms with Crippen molar-refractivity contribution in [1.82, 2.24) is 10.6 Å². The Labute approximate surface area is 137 Å². The molecule has 8 heteroatoms. The molecule has 1 atom stereocenters. The lowest BCUT2D eigenvalue weighted by Crippen LogP contribution is -2.46. The first-order valence-corrected chi connectivity index (χ1v) is 7.56. The number of nitrogens with two attached hydrogens (primary N) is 1. The average Bonchev–Trinajstić information content (AvgIpc) is 2.27. The highest BCUT2D eigenvalue weighted by molar-refractivity contribution is 5.84. The number of hydrogen-bond acceptors (Lipinski definition) is 5.